The molecule has 0 aliphatic rings. The zero-order valence-corrected chi connectivity index (χ0v) is 20.2. The van der Waals surface area contributed by atoms with Crippen molar-refractivity contribution in [2.24, 2.45) is 0 Å². The van der Waals surface area contributed by atoms with Crippen molar-refractivity contribution in [3.8, 4) is 17.6 Å². The first-order valence-corrected chi connectivity index (χ1v) is 11.5. The molecule has 0 radical (unpaired) electrons. The number of rotatable bonds is 7. The minimum absolute atomic E-state index is 0.0945. The molecule has 4 N–H and O–H groups in total. The average Bonchev–Trinajstić information content (AvgIpc) is 2.87. The lowest BCUT2D eigenvalue weighted by atomic mass is 9.98. The first-order valence-electron chi connectivity index (χ1n) is 11.5. The second-order valence-corrected chi connectivity index (χ2v) is 8.23. The van der Waals surface area contributed by atoms with Crippen LogP contribution in [0.3, 0.4) is 0 Å². The first-order chi connectivity index (χ1) is 17.4. The van der Waals surface area contributed by atoms with Gasteiger partial charge in [0.1, 0.15) is 18.2 Å². The fraction of sp³-hybridized carbons (Fsp3) is 0.214. The van der Waals surface area contributed by atoms with Gasteiger partial charge in [-0.3, -0.25) is 4.79 Å². The van der Waals surface area contributed by atoms with Crippen LogP contribution in [0.2, 0.25) is 0 Å². The lowest BCUT2D eigenvalue weighted by Gasteiger charge is -2.13. The number of nitrogens with zero attached hydrogens (tertiary/aromatic N) is 3. The molecule has 2 heterocycles. The SMILES string of the molecule is COc1ccc(C#CCCC(=O)OCc2ccccc2)cc1Cc1cnc2nc(N)nc(N)c2c1C. The quantitative estimate of drug-likeness (QED) is 0.300. The Kier molecular flexibility index (Phi) is 7.61. The van der Waals surface area contributed by atoms with Gasteiger partial charge in [0, 0.05) is 24.6 Å². The Bertz CT molecular complexity index is 1460. The Labute approximate surface area is 209 Å². The molecule has 0 saturated heterocycles. The molecule has 0 atom stereocenters. The highest BCUT2D eigenvalue weighted by Gasteiger charge is 2.14. The summed E-state index contributed by atoms with van der Waals surface area (Å²) in [6.45, 7) is 2.23. The highest BCUT2D eigenvalue weighted by atomic mass is 16.5. The summed E-state index contributed by atoms with van der Waals surface area (Å²) in [6.07, 6.45) is 2.97. The van der Waals surface area contributed by atoms with E-state index in [1.807, 2.05) is 55.5 Å². The number of nitrogens with two attached hydrogens (primary N) is 2. The van der Waals surface area contributed by atoms with E-state index in [0.717, 1.165) is 33.6 Å². The number of pyridine rings is 1. The van der Waals surface area contributed by atoms with E-state index in [1.165, 1.54) is 0 Å². The van der Waals surface area contributed by atoms with Crippen LogP contribution in [-0.4, -0.2) is 28.0 Å². The summed E-state index contributed by atoms with van der Waals surface area (Å²) >= 11 is 0. The number of ether oxygens (including phenoxy) is 2. The van der Waals surface area contributed by atoms with E-state index >= 15 is 0 Å². The van der Waals surface area contributed by atoms with E-state index in [-0.39, 0.29) is 24.9 Å². The zero-order chi connectivity index (χ0) is 25.5. The molecular weight excluding hydrogens is 454 g/mol. The molecule has 182 valence electrons. The summed E-state index contributed by atoms with van der Waals surface area (Å²) in [5.41, 5.74) is 16.9. The second kappa shape index (κ2) is 11.2. The maximum Gasteiger partial charge on any atom is 0.307 e. The van der Waals surface area contributed by atoms with E-state index in [2.05, 4.69) is 26.8 Å². The minimum Gasteiger partial charge on any atom is -0.496 e. The third-order valence-electron chi connectivity index (χ3n) is 5.73. The van der Waals surface area contributed by atoms with Gasteiger partial charge < -0.3 is 20.9 Å². The summed E-state index contributed by atoms with van der Waals surface area (Å²) in [5, 5.41) is 0.691. The summed E-state index contributed by atoms with van der Waals surface area (Å²) in [6, 6.07) is 15.3. The molecule has 0 spiro atoms. The topological polar surface area (TPSA) is 126 Å². The number of anilines is 2. The predicted octanol–water partition coefficient (Wildman–Crippen LogP) is 3.97. The van der Waals surface area contributed by atoms with E-state index in [1.54, 1.807) is 13.3 Å². The fourth-order valence-electron chi connectivity index (χ4n) is 3.85. The highest BCUT2D eigenvalue weighted by Crippen LogP contribution is 2.28. The number of aryl methyl sites for hydroxylation is 1. The summed E-state index contributed by atoms with van der Waals surface area (Å²) < 4.78 is 10.9. The van der Waals surface area contributed by atoms with Crippen molar-refractivity contribution in [2.45, 2.75) is 32.8 Å². The van der Waals surface area contributed by atoms with Gasteiger partial charge in [-0.1, -0.05) is 42.2 Å². The van der Waals surface area contributed by atoms with Gasteiger partial charge in [0.2, 0.25) is 5.95 Å². The standard InChI is InChI=1S/C28H27N5O3/c1-18-22(16-31-27-25(18)26(29)32-28(30)33-27)15-21-14-19(12-13-23(21)35-2)8-6-7-11-24(34)36-17-20-9-4-3-5-10-20/h3-5,9-10,12-14,16H,7,11,15,17H2,1-2H3,(H4,29,30,31,32,33). The largest absolute Gasteiger partial charge is 0.496 e. The molecule has 0 unspecified atom stereocenters. The molecular formula is C28H27N5O3. The zero-order valence-electron chi connectivity index (χ0n) is 20.2. The van der Waals surface area contributed by atoms with Crippen molar-refractivity contribution in [3.63, 3.8) is 0 Å². The van der Waals surface area contributed by atoms with Crippen LogP contribution in [0.4, 0.5) is 11.8 Å². The first kappa shape index (κ1) is 24.5. The molecule has 0 bridgehead atoms. The van der Waals surface area contributed by atoms with Crippen LogP contribution in [0, 0.1) is 18.8 Å². The molecule has 4 aromatic rings. The molecule has 2 aromatic heterocycles. The molecule has 4 rings (SSSR count). The molecule has 0 amide bonds. The third-order valence-corrected chi connectivity index (χ3v) is 5.73. The van der Waals surface area contributed by atoms with Crippen molar-refractivity contribution in [2.75, 3.05) is 18.6 Å². The number of esters is 1. The number of aromatic nitrogens is 3. The number of carbonyl (C=O) groups excluding carboxylic acids is 1. The number of hydrogen-bond acceptors (Lipinski definition) is 8. The van der Waals surface area contributed by atoms with Gasteiger partial charge >= 0.3 is 5.97 Å². The van der Waals surface area contributed by atoms with Crippen LogP contribution in [0.1, 0.15) is 40.7 Å². The van der Waals surface area contributed by atoms with Gasteiger partial charge in [0.25, 0.3) is 0 Å². The van der Waals surface area contributed by atoms with Crippen molar-refractivity contribution in [3.05, 3.63) is 82.5 Å². The van der Waals surface area contributed by atoms with Gasteiger partial charge in [-0.05, 0) is 47.4 Å². The predicted molar refractivity (Wildman–Crippen MR) is 139 cm³/mol. The summed E-state index contributed by atoms with van der Waals surface area (Å²) in [4.78, 5) is 24.7. The average molecular weight is 482 g/mol. The second-order valence-electron chi connectivity index (χ2n) is 8.23. The van der Waals surface area contributed by atoms with Crippen molar-refractivity contribution < 1.29 is 14.3 Å². The van der Waals surface area contributed by atoms with Crippen molar-refractivity contribution in [1.82, 2.24) is 15.0 Å². The molecule has 0 aliphatic heterocycles. The van der Waals surface area contributed by atoms with Gasteiger partial charge in [-0.15, -0.1) is 0 Å². The number of methoxy groups -OCH3 is 1. The van der Waals surface area contributed by atoms with E-state index in [4.69, 9.17) is 20.9 Å². The van der Waals surface area contributed by atoms with Crippen LogP contribution in [-0.2, 0) is 22.6 Å². The van der Waals surface area contributed by atoms with E-state index in [0.29, 0.717) is 29.7 Å². The Morgan fingerprint density at radius 1 is 1.06 bits per heavy atom. The van der Waals surface area contributed by atoms with Crippen molar-refractivity contribution >= 4 is 28.8 Å². The molecule has 8 nitrogen and oxygen atoms in total. The smallest absolute Gasteiger partial charge is 0.307 e. The monoisotopic (exact) mass is 481 g/mol. The number of hydrogen-bond donors (Lipinski definition) is 2. The number of benzene rings is 2. The van der Waals surface area contributed by atoms with Gasteiger partial charge in [0.15, 0.2) is 5.65 Å². The third kappa shape index (κ3) is 5.88. The van der Waals surface area contributed by atoms with E-state index in [9.17, 15) is 4.79 Å². The van der Waals surface area contributed by atoms with Crippen LogP contribution in [0.15, 0.2) is 54.7 Å². The lowest BCUT2D eigenvalue weighted by Crippen LogP contribution is -2.05. The Hall–Kier alpha value is -4.64. The van der Waals surface area contributed by atoms with Crippen molar-refractivity contribution in [1.29, 1.82) is 0 Å². The number of carbonyl (C=O) groups is 1. The number of fused-ring (bicyclic) bond motifs is 1. The minimum atomic E-state index is -0.270. The fourth-order valence-corrected chi connectivity index (χ4v) is 3.85. The highest BCUT2D eigenvalue weighted by molar-refractivity contribution is 5.90. The maximum atomic E-state index is 12.0. The molecule has 0 saturated carbocycles. The van der Waals surface area contributed by atoms with Crippen LogP contribution < -0.4 is 16.2 Å². The van der Waals surface area contributed by atoms with Crippen LogP contribution >= 0.6 is 0 Å². The van der Waals surface area contributed by atoms with Crippen LogP contribution in [0.5, 0.6) is 5.75 Å². The normalized spacial score (nSPS) is 10.5. The Morgan fingerprint density at radius 2 is 1.86 bits per heavy atom. The van der Waals surface area contributed by atoms with E-state index < -0.39 is 0 Å². The van der Waals surface area contributed by atoms with Gasteiger partial charge in [0.05, 0.1) is 18.9 Å². The number of nitrogen functional groups attached to an aromatic ring is 2. The molecule has 0 fully saturated rings. The van der Waals surface area contributed by atoms with Crippen LogP contribution in [0.25, 0.3) is 11.0 Å². The Morgan fingerprint density at radius 3 is 2.64 bits per heavy atom. The van der Waals surface area contributed by atoms with Gasteiger partial charge in [-0.25, -0.2) is 4.98 Å². The Balaban J connectivity index is 1.44. The lowest BCUT2D eigenvalue weighted by molar-refractivity contribution is -0.144. The summed E-state index contributed by atoms with van der Waals surface area (Å²) in [7, 11) is 1.63. The molecule has 0 aliphatic carbocycles. The molecule has 36 heavy (non-hydrogen) atoms. The molecule has 2 aromatic carbocycles. The maximum absolute atomic E-state index is 12.0. The molecule has 8 heteroatoms. The summed E-state index contributed by atoms with van der Waals surface area (Å²) in [5.74, 6) is 7.06. The van der Waals surface area contributed by atoms with Gasteiger partial charge in [-0.2, -0.15) is 9.97 Å².